The fourth-order valence-electron chi connectivity index (χ4n) is 3.34. The number of hydrogen-bond acceptors (Lipinski definition) is 2. The van der Waals surface area contributed by atoms with E-state index in [2.05, 4.69) is 26.0 Å². The third-order valence-corrected chi connectivity index (χ3v) is 5.11. The first-order valence-electron chi connectivity index (χ1n) is 7.32. The van der Waals surface area contributed by atoms with Crippen molar-refractivity contribution >= 4 is 23.2 Å². The Hall–Kier alpha value is -0.540. The topological polar surface area (TPSA) is 40.5 Å². The van der Waals surface area contributed by atoms with Crippen LogP contribution in [-0.4, -0.2) is 23.4 Å². The molecule has 21 heavy (non-hydrogen) atoms. The van der Waals surface area contributed by atoms with E-state index >= 15 is 0 Å². The molecule has 0 aliphatic heterocycles. The average Bonchev–Trinajstić information content (AvgIpc) is 2.97. The maximum absolute atomic E-state index is 9.27. The minimum absolute atomic E-state index is 0.0954. The van der Waals surface area contributed by atoms with Crippen LogP contribution < -0.4 is 0 Å². The summed E-state index contributed by atoms with van der Waals surface area (Å²) in [5.41, 5.74) is 4.24. The Morgan fingerprint density at radius 1 is 0.905 bits per heavy atom. The monoisotopic (exact) mass is 328 g/mol. The molecule has 116 valence electrons. The van der Waals surface area contributed by atoms with Crippen LogP contribution in [0.25, 0.3) is 0 Å². The van der Waals surface area contributed by atoms with Gasteiger partial charge in [-0.05, 0) is 35.1 Å². The molecular formula is C17H22Cl2O2. The van der Waals surface area contributed by atoms with Crippen molar-refractivity contribution in [3.05, 3.63) is 44.5 Å². The van der Waals surface area contributed by atoms with Gasteiger partial charge in [0.1, 0.15) is 0 Å². The number of aliphatic hydroxyl groups is 2. The number of aliphatic hydroxyl groups excluding tert-OH is 2. The van der Waals surface area contributed by atoms with Crippen molar-refractivity contribution in [3.63, 3.8) is 0 Å². The van der Waals surface area contributed by atoms with Gasteiger partial charge in [-0.25, -0.2) is 0 Å². The highest BCUT2D eigenvalue weighted by molar-refractivity contribution is 6.31. The highest BCUT2D eigenvalue weighted by Crippen LogP contribution is 2.50. The third-order valence-electron chi connectivity index (χ3n) is 4.35. The zero-order chi connectivity index (χ0) is 15.6. The van der Waals surface area contributed by atoms with Gasteiger partial charge >= 0.3 is 0 Å². The van der Waals surface area contributed by atoms with Crippen LogP contribution in [0.2, 0.25) is 0 Å². The minimum atomic E-state index is -0.220. The van der Waals surface area contributed by atoms with Crippen LogP contribution >= 0.6 is 23.2 Å². The molecule has 2 nitrogen and oxygen atoms in total. The van der Waals surface area contributed by atoms with E-state index in [0.717, 1.165) is 34.1 Å². The summed E-state index contributed by atoms with van der Waals surface area (Å²) in [6.07, 6.45) is 6.92. The van der Waals surface area contributed by atoms with Gasteiger partial charge in [0.2, 0.25) is 0 Å². The number of halogens is 2. The molecule has 0 spiro atoms. The summed E-state index contributed by atoms with van der Waals surface area (Å²) in [6.45, 7) is 4.50. The second-order valence-corrected chi connectivity index (χ2v) is 6.90. The lowest BCUT2D eigenvalue weighted by Gasteiger charge is -2.32. The molecule has 0 radical (unpaired) electrons. The molecule has 0 saturated heterocycles. The summed E-state index contributed by atoms with van der Waals surface area (Å²) < 4.78 is 0. The molecule has 0 unspecified atom stereocenters. The molecule has 2 aliphatic carbocycles. The van der Waals surface area contributed by atoms with Gasteiger partial charge < -0.3 is 10.2 Å². The van der Waals surface area contributed by atoms with E-state index in [4.69, 9.17) is 23.2 Å². The van der Waals surface area contributed by atoms with Crippen molar-refractivity contribution in [2.24, 2.45) is 5.41 Å². The molecule has 2 N–H and O–H groups in total. The maximum Gasteiger partial charge on any atom is 0.0471 e. The van der Waals surface area contributed by atoms with E-state index in [1.54, 1.807) is 0 Å². The van der Waals surface area contributed by atoms with Crippen molar-refractivity contribution in [2.75, 3.05) is 13.2 Å². The second kappa shape index (κ2) is 6.70. The Labute approximate surface area is 136 Å². The summed E-state index contributed by atoms with van der Waals surface area (Å²) in [5.74, 6) is 0. The highest BCUT2D eigenvalue weighted by atomic mass is 35.5. The van der Waals surface area contributed by atoms with Gasteiger partial charge in [0, 0.05) is 41.5 Å². The largest absolute Gasteiger partial charge is 0.396 e. The fraction of sp³-hybridized carbons (Fsp3) is 0.529. The zero-order valence-corrected chi connectivity index (χ0v) is 14.1. The van der Waals surface area contributed by atoms with Gasteiger partial charge in [-0.15, -0.1) is 0 Å². The molecule has 0 fully saturated rings. The van der Waals surface area contributed by atoms with Gasteiger partial charge in [0.25, 0.3) is 0 Å². The molecule has 2 aliphatic rings. The molecule has 0 bridgehead atoms. The van der Waals surface area contributed by atoms with Crippen molar-refractivity contribution in [2.45, 2.75) is 39.5 Å². The molecular weight excluding hydrogens is 307 g/mol. The second-order valence-electron chi connectivity index (χ2n) is 5.98. The lowest BCUT2D eigenvalue weighted by atomic mass is 9.72. The molecule has 4 heteroatoms. The summed E-state index contributed by atoms with van der Waals surface area (Å²) >= 11 is 12.6. The fourth-order valence-corrected chi connectivity index (χ4v) is 3.89. The quantitative estimate of drug-likeness (QED) is 0.757. The smallest absolute Gasteiger partial charge is 0.0471 e. The van der Waals surface area contributed by atoms with Crippen LogP contribution in [0.4, 0.5) is 0 Å². The Balaban J connectivity index is 2.35. The van der Waals surface area contributed by atoms with Crippen molar-refractivity contribution < 1.29 is 10.2 Å². The molecule has 0 amide bonds. The van der Waals surface area contributed by atoms with Crippen LogP contribution in [0, 0.1) is 5.41 Å². The first-order valence-corrected chi connectivity index (χ1v) is 8.07. The maximum atomic E-state index is 9.27. The summed E-state index contributed by atoms with van der Waals surface area (Å²) in [6, 6.07) is 0. The van der Waals surface area contributed by atoms with Crippen LogP contribution in [0.1, 0.15) is 39.5 Å². The summed E-state index contributed by atoms with van der Waals surface area (Å²) in [4.78, 5) is 0. The van der Waals surface area contributed by atoms with E-state index in [-0.39, 0.29) is 18.6 Å². The van der Waals surface area contributed by atoms with Crippen LogP contribution in [0.15, 0.2) is 44.5 Å². The van der Waals surface area contributed by atoms with E-state index in [0.29, 0.717) is 12.8 Å². The predicted octanol–water partition coefficient (Wildman–Crippen LogP) is 4.42. The molecule has 0 saturated carbocycles. The molecule has 0 aromatic rings. The van der Waals surface area contributed by atoms with Crippen LogP contribution in [0.3, 0.4) is 0 Å². The van der Waals surface area contributed by atoms with E-state index in [1.165, 1.54) is 11.1 Å². The molecule has 0 aromatic carbocycles. The number of rotatable bonds is 6. The third kappa shape index (κ3) is 3.14. The van der Waals surface area contributed by atoms with E-state index in [9.17, 15) is 10.2 Å². The van der Waals surface area contributed by atoms with Crippen molar-refractivity contribution in [1.82, 2.24) is 0 Å². The van der Waals surface area contributed by atoms with E-state index in [1.807, 2.05) is 0 Å². The SMILES string of the molecule is CC(C)(C1=CCC(Cl)=C1CCO)C1=CCC(Cl)=C1CCO. The average molecular weight is 329 g/mol. The van der Waals surface area contributed by atoms with Crippen LogP contribution in [0.5, 0.6) is 0 Å². The van der Waals surface area contributed by atoms with Gasteiger partial charge in [0.15, 0.2) is 0 Å². The van der Waals surface area contributed by atoms with Crippen LogP contribution in [-0.2, 0) is 0 Å². The number of hydrogen-bond donors (Lipinski definition) is 2. The molecule has 0 atom stereocenters. The highest BCUT2D eigenvalue weighted by Gasteiger charge is 2.36. The first kappa shape index (κ1) is 16.8. The summed E-state index contributed by atoms with van der Waals surface area (Å²) in [5, 5.41) is 20.2. The van der Waals surface area contributed by atoms with Gasteiger partial charge in [-0.2, -0.15) is 0 Å². The lowest BCUT2D eigenvalue weighted by Crippen LogP contribution is -2.20. The minimum Gasteiger partial charge on any atom is -0.396 e. The van der Waals surface area contributed by atoms with Gasteiger partial charge in [-0.1, -0.05) is 49.2 Å². The number of allylic oxidation sites excluding steroid dienone is 6. The molecule has 0 heterocycles. The standard InChI is InChI=1S/C17H22Cl2O2/c1-17(2,13-3-5-15(18)11(13)7-9-20)14-4-6-16(19)12(14)8-10-21/h3-4,20-21H,5-10H2,1-2H3. The Morgan fingerprint density at radius 3 is 1.62 bits per heavy atom. The molecule has 2 rings (SSSR count). The lowest BCUT2D eigenvalue weighted by molar-refractivity contribution is 0.297. The Bertz CT molecular complexity index is 503. The first-order chi connectivity index (χ1) is 9.93. The Kier molecular flexibility index (Phi) is 5.37. The molecule has 0 aromatic heterocycles. The van der Waals surface area contributed by atoms with E-state index < -0.39 is 0 Å². The van der Waals surface area contributed by atoms with Crippen molar-refractivity contribution in [3.8, 4) is 0 Å². The predicted molar refractivity (Wildman–Crippen MR) is 88.3 cm³/mol. The zero-order valence-electron chi connectivity index (χ0n) is 12.5. The van der Waals surface area contributed by atoms with Gasteiger partial charge in [0.05, 0.1) is 0 Å². The summed E-state index contributed by atoms with van der Waals surface area (Å²) in [7, 11) is 0. The van der Waals surface area contributed by atoms with Crippen molar-refractivity contribution in [1.29, 1.82) is 0 Å². The van der Waals surface area contributed by atoms with Gasteiger partial charge in [-0.3, -0.25) is 0 Å². The Morgan fingerprint density at radius 2 is 1.29 bits per heavy atom. The normalized spacial score (nSPS) is 19.5.